The molecular formula is C21H28N2O2. The number of nitrogens with zero attached hydrogens (tertiary/aromatic N) is 2. The summed E-state index contributed by atoms with van der Waals surface area (Å²) in [6.45, 7) is 5.84. The van der Waals surface area contributed by atoms with Crippen LogP contribution in [0.5, 0.6) is 0 Å². The highest BCUT2D eigenvalue weighted by atomic mass is 16.5. The standard InChI is InChI=1S/C21H28N2O2/c1-24-15-18-16-25-13-10-21(18)8-11-23(12-9-21)14-19-7-6-17-4-2-3-5-20(17)22-19/h2-7,18H,8-16H2,1H3/t18-/m1/s1. The third-order valence-electron chi connectivity index (χ3n) is 6.19. The Morgan fingerprint density at radius 1 is 1.16 bits per heavy atom. The molecule has 2 saturated heterocycles. The van der Waals surface area contributed by atoms with E-state index in [0.717, 1.165) is 45.0 Å². The summed E-state index contributed by atoms with van der Waals surface area (Å²) in [7, 11) is 1.81. The molecule has 1 aromatic carbocycles. The number of hydrogen-bond donors (Lipinski definition) is 0. The van der Waals surface area contributed by atoms with Gasteiger partial charge in [-0.2, -0.15) is 0 Å². The summed E-state index contributed by atoms with van der Waals surface area (Å²) >= 11 is 0. The lowest BCUT2D eigenvalue weighted by atomic mass is 9.66. The van der Waals surface area contributed by atoms with Gasteiger partial charge in [0.05, 0.1) is 24.4 Å². The molecule has 1 spiro atoms. The van der Waals surface area contributed by atoms with Gasteiger partial charge in [-0.05, 0) is 49.9 Å². The van der Waals surface area contributed by atoms with E-state index in [2.05, 4.69) is 41.3 Å². The maximum absolute atomic E-state index is 5.72. The minimum absolute atomic E-state index is 0.418. The second-order valence-corrected chi connectivity index (χ2v) is 7.61. The number of ether oxygens (including phenoxy) is 2. The minimum atomic E-state index is 0.418. The van der Waals surface area contributed by atoms with E-state index in [4.69, 9.17) is 14.5 Å². The van der Waals surface area contributed by atoms with Crippen molar-refractivity contribution in [2.75, 3.05) is 40.0 Å². The fourth-order valence-electron chi connectivity index (χ4n) is 4.55. The zero-order valence-electron chi connectivity index (χ0n) is 15.1. The Hall–Kier alpha value is -1.49. The van der Waals surface area contributed by atoms with Crippen molar-refractivity contribution in [2.24, 2.45) is 11.3 Å². The third-order valence-corrected chi connectivity index (χ3v) is 6.19. The molecule has 0 aliphatic carbocycles. The number of para-hydroxylation sites is 1. The molecule has 25 heavy (non-hydrogen) atoms. The van der Waals surface area contributed by atoms with Crippen molar-refractivity contribution < 1.29 is 9.47 Å². The van der Waals surface area contributed by atoms with E-state index in [0.29, 0.717) is 11.3 Å². The Morgan fingerprint density at radius 3 is 2.84 bits per heavy atom. The molecule has 0 unspecified atom stereocenters. The second-order valence-electron chi connectivity index (χ2n) is 7.61. The average molecular weight is 340 g/mol. The monoisotopic (exact) mass is 340 g/mol. The third kappa shape index (κ3) is 3.57. The molecule has 3 heterocycles. The fourth-order valence-corrected chi connectivity index (χ4v) is 4.55. The van der Waals surface area contributed by atoms with Crippen LogP contribution in [0.4, 0.5) is 0 Å². The zero-order valence-corrected chi connectivity index (χ0v) is 15.1. The Morgan fingerprint density at radius 2 is 2.00 bits per heavy atom. The number of methoxy groups -OCH3 is 1. The van der Waals surface area contributed by atoms with Crippen molar-refractivity contribution >= 4 is 10.9 Å². The summed E-state index contributed by atoms with van der Waals surface area (Å²) in [5, 5.41) is 1.22. The predicted octanol–water partition coefficient (Wildman–Crippen LogP) is 3.50. The molecule has 0 amide bonds. The Bertz CT molecular complexity index is 708. The molecule has 2 aliphatic heterocycles. The first-order valence-electron chi connectivity index (χ1n) is 9.43. The molecule has 0 bridgehead atoms. The molecule has 0 saturated carbocycles. The van der Waals surface area contributed by atoms with Gasteiger partial charge < -0.3 is 9.47 Å². The summed E-state index contributed by atoms with van der Waals surface area (Å²) in [5.41, 5.74) is 2.69. The van der Waals surface area contributed by atoms with E-state index in [-0.39, 0.29) is 0 Å². The molecule has 4 heteroatoms. The maximum atomic E-state index is 5.72. The van der Waals surface area contributed by atoms with Crippen LogP contribution in [0.1, 0.15) is 25.0 Å². The van der Waals surface area contributed by atoms with Gasteiger partial charge in [0.1, 0.15) is 0 Å². The average Bonchev–Trinajstić information content (AvgIpc) is 2.66. The van der Waals surface area contributed by atoms with Crippen LogP contribution < -0.4 is 0 Å². The van der Waals surface area contributed by atoms with E-state index in [1.807, 2.05) is 7.11 Å². The Balaban J connectivity index is 1.41. The Labute approximate surface area is 150 Å². The topological polar surface area (TPSA) is 34.6 Å². The first kappa shape index (κ1) is 17.0. The van der Waals surface area contributed by atoms with Crippen LogP contribution in [-0.4, -0.2) is 49.9 Å². The van der Waals surface area contributed by atoms with Crippen LogP contribution in [0.15, 0.2) is 36.4 Å². The lowest BCUT2D eigenvalue weighted by Crippen LogP contribution is -2.49. The first-order chi connectivity index (χ1) is 12.3. The van der Waals surface area contributed by atoms with Gasteiger partial charge >= 0.3 is 0 Å². The van der Waals surface area contributed by atoms with E-state index < -0.39 is 0 Å². The smallest absolute Gasteiger partial charge is 0.0705 e. The van der Waals surface area contributed by atoms with Crippen molar-refractivity contribution in [3.8, 4) is 0 Å². The molecule has 134 valence electrons. The number of pyridine rings is 1. The van der Waals surface area contributed by atoms with Crippen LogP contribution in [0.3, 0.4) is 0 Å². The van der Waals surface area contributed by atoms with Crippen molar-refractivity contribution in [2.45, 2.75) is 25.8 Å². The maximum Gasteiger partial charge on any atom is 0.0705 e. The molecule has 1 aromatic heterocycles. The van der Waals surface area contributed by atoms with E-state index in [1.54, 1.807) is 0 Å². The summed E-state index contributed by atoms with van der Waals surface area (Å²) < 4.78 is 11.2. The van der Waals surface area contributed by atoms with Crippen molar-refractivity contribution in [1.82, 2.24) is 9.88 Å². The molecule has 0 radical (unpaired) electrons. The van der Waals surface area contributed by atoms with Gasteiger partial charge in [0.15, 0.2) is 0 Å². The molecule has 4 nitrogen and oxygen atoms in total. The highest BCUT2D eigenvalue weighted by Crippen LogP contribution is 2.44. The highest BCUT2D eigenvalue weighted by molar-refractivity contribution is 5.78. The Kier molecular flexibility index (Phi) is 5.02. The van der Waals surface area contributed by atoms with Gasteiger partial charge in [-0.15, -0.1) is 0 Å². The molecule has 2 fully saturated rings. The van der Waals surface area contributed by atoms with Gasteiger partial charge in [-0.25, -0.2) is 0 Å². The fraction of sp³-hybridized carbons (Fsp3) is 0.571. The van der Waals surface area contributed by atoms with Gasteiger partial charge in [0.25, 0.3) is 0 Å². The van der Waals surface area contributed by atoms with Crippen LogP contribution in [0.25, 0.3) is 10.9 Å². The first-order valence-corrected chi connectivity index (χ1v) is 9.43. The SMILES string of the molecule is COC[C@@H]1COCCC12CCN(Cc1ccc3ccccc3n1)CC2. The number of fused-ring (bicyclic) bond motifs is 1. The van der Waals surface area contributed by atoms with E-state index in [9.17, 15) is 0 Å². The number of aromatic nitrogens is 1. The number of hydrogen-bond acceptors (Lipinski definition) is 4. The lowest BCUT2D eigenvalue weighted by molar-refractivity contribution is -0.0951. The predicted molar refractivity (Wildman–Crippen MR) is 99.5 cm³/mol. The summed E-state index contributed by atoms with van der Waals surface area (Å²) in [6, 6.07) is 12.7. The normalized spacial score (nSPS) is 24.0. The van der Waals surface area contributed by atoms with Gasteiger partial charge in [0.2, 0.25) is 0 Å². The van der Waals surface area contributed by atoms with Gasteiger partial charge in [-0.3, -0.25) is 9.88 Å². The van der Waals surface area contributed by atoms with Crippen molar-refractivity contribution in [3.63, 3.8) is 0 Å². The molecule has 4 rings (SSSR count). The zero-order chi connectivity index (χ0) is 17.1. The van der Waals surface area contributed by atoms with Crippen molar-refractivity contribution in [1.29, 1.82) is 0 Å². The van der Waals surface area contributed by atoms with Crippen LogP contribution >= 0.6 is 0 Å². The van der Waals surface area contributed by atoms with Gasteiger partial charge in [0, 0.05) is 31.6 Å². The molecular weight excluding hydrogens is 312 g/mol. The van der Waals surface area contributed by atoms with Gasteiger partial charge in [-0.1, -0.05) is 24.3 Å². The molecule has 2 aromatic rings. The summed E-state index contributed by atoms with van der Waals surface area (Å²) in [4.78, 5) is 7.39. The van der Waals surface area contributed by atoms with Crippen LogP contribution in [-0.2, 0) is 16.0 Å². The summed E-state index contributed by atoms with van der Waals surface area (Å²) in [6.07, 6.45) is 3.68. The van der Waals surface area contributed by atoms with Crippen LogP contribution in [0, 0.1) is 11.3 Å². The largest absolute Gasteiger partial charge is 0.384 e. The second kappa shape index (κ2) is 7.40. The van der Waals surface area contributed by atoms with Crippen molar-refractivity contribution in [3.05, 3.63) is 42.1 Å². The lowest BCUT2D eigenvalue weighted by Gasteiger charge is -2.48. The number of benzene rings is 1. The molecule has 0 N–H and O–H groups in total. The number of rotatable bonds is 4. The highest BCUT2D eigenvalue weighted by Gasteiger charge is 2.43. The minimum Gasteiger partial charge on any atom is -0.384 e. The van der Waals surface area contributed by atoms with Crippen LogP contribution in [0.2, 0.25) is 0 Å². The van der Waals surface area contributed by atoms with E-state index >= 15 is 0 Å². The number of likely N-dealkylation sites (tertiary alicyclic amines) is 1. The quantitative estimate of drug-likeness (QED) is 0.853. The number of piperidine rings is 1. The van der Waals surface area contributed by atoms with E-state index in [1.165, 1.54) is 30.3 Å². The molecule has 1 atom stereocenters. The summed E-state index contributed by atoms with van der Waals surface area (Å²) in [5.74, 6) is 0.548. The molecule has 2 aliphatic rings.